The van der Waals surface area contributed by atoms with Crippen LogP contribution in [0.1, 0.15) is 27.0 Å². The number of nitrogens with one attached hydrogen (secondary N) is 2. The van der Waals surface area contributed by atoms with Crippen molar-refractivity contribution in [1.29, 1.82) is 0 Å². The third-order valence-corrected chi connectivity index (χ3v) is 5.87. The van der Waals surface area contributed by atoms with Gasteiger partial charge >= 0.3 is 0 Å². The van der Waals surface area contributed by atoms with Gasteiger partial charge in [0.05, 0.1) is 4.90 Å². The molecule has 0 aliphatic heterocycles. The zero-order chi connectivity index (χ0) is 20.9. The van der Waals surface area contributed by atoms with Crippen molar-refractivity contribution in [3.05, 3.63) is 89.2 Å². The highest BCUT2D eigenvalue weighted by Gasteiger charge is 2.18. The molecule has 1 heterocycles. The molecule has 0 saturated heterocycles. The summed E-state index contributed by atoms with van der Waals surface area (Å²) in [7, 11) is -3.80. The molecule has 2 N–H and O–H groups in total. The van der Waals surface area contributed by atoms with Crippen LogP contribution in [-0.2, 0) is 16.4 Å². The van der Waals surface area contributed by atoms with Gasteiger partial charge < -0.3 is 5.32 Å². The predicted molar refractivity (Wildman–Crippen MR) is 113 cm³/mol. The average Bonchev–Trinajstić information content (AvgIpc) is 2.70. The average molecular weight is 410 g/mol. The van der Waals surface area contributed by atoms with Crippen LogP contribution in [0, 0.1) is 13.8 Å². The van der Waals surface area contributed by atoms with Crippen molar-refractivity contribution in [1.82, 2.24) is 10.3 Å². The van der Waals surface area contributed by atoms with Gasteiger partial charge in [-0.05, 0) is 61.7 Å². The highest BCUT2D eigenvalue weighted by Crippen LogP contribution is 2.20. The first-order valence-corrected chi connectivity index (χ1v) is 10.7. The third-order valence-electron chi connectivity index (χ3n) is 4.49. The van der Waals surface area contributed by atoms with Gasteiger partial charge in [-0.25, -0.2) is 8.42 Å². The number of aryl methyl sites for hydroxylation is 2. The van der Waals surface area contributed by atoms with Gasteiger partial charge in [-0.15, -0.1) is 0 Å². The molecule has 0 aliphatic rings. The van der Waals surface area contributed by atoms with E-state index < -0.39 is 10.0 Å². The molecule has 0 spiro atoms. The summed E-state index contributed by atoms with van der Waals surface area (Å²) < 4.78 is 28.0. The van der Waals surface area contributed by atoms with Crippen LogP contribution in [0.15, 0.2) is 71.9 Å². The van der Waals surface area contributed by atoms with Gasteiger partial charge in [0.15, 0.2) is 0 Å². The van der Waals surface area contributed by atoms with Crippen molar-refractivity contribution in [3.8, 4) is 0 Å². The standard InChI is InChI=1S/C22H23N3O3S/c1-16-5-8-19(9-6-16)25-29(27,28)20-10-7-17(2)21(14-20)22(26)24-13-11-18-4-3-12-23-15-18/h3-10,12,14-15,25H,11,13H2,1-2H3,(H,24,26). The van der Waals surface area contributed by atoms with Gasteiger partial charge in [0.2, 0.25) is 0 Å². The second-order valence-electron chi connectivity index (χ2n) is 6.82. The summed E-state index contributed by atoms with van der Waals surface area (Å²) in [4.78, 5) is 16.7. The Bertz CT molecular complexity index is 1100. The molecule has 0 unspecified atom stereocenters. The number of nitrogens with zero attached hydrogens (tertiary/aromatic N) is 1. The maximum Gasteiger partial charge on any atom is 0.261 e. The Kier molecular flexibility index (Phi) is 6.29. The molecule has 3 aromatic rings. The lowest BCUT2D eigenvalue weighted by atomic mass is 10.1. The van der Waals surface area contributed by atoms with E-state index in [1.54, 1.807) is 37.5 Å². The van der Waals surface area contributed by atoms with Crippen molar-refractivity contribution < 1.29 is 13.2 Å². The molecular formula is C22H23N3O3S. The van der Waals surface area contributed by atoms with Crippen LogP contribution in [0.3, 0.4) is 0 Å². The fourth-order valence-corrected chi connectivity index (χ4v) is 3.89. The minimum absolute atomic E-state index is 0.0427. The second kappa shape index (κ2) is 8.87. The maximum atomic E-state index is 12.7. The molecule has 0 fully saturated rings. The Labute approximate surface area is 171 Å². The second-order valence-corrected chi connectivity index (χ2v) is 8.50. The number of aromatic nitrogens is 1. The number of hydrogen-bond acceptors (Lipinski definition) is 4. The summed E-state index contributed by atoms with van der Waals surface area (Å²) in [5.41, 5.74) is 3.57. The van der Waals surface area contributed by atoms with Crippen LogP contribution < -0.4 is 10.0 Å². The van der Waals surface area contributed by atoms with E-state index in [2.05, 4.69) is 15.0 Å². The van der Waals surface area contributed by atoms with E-state index in [1.165, 1.54) is 12.1 Å². The summed E-state index contributed by atoms with van der Waals surface area (Å²) in [6.45, 7) is 4.14. The lowest BCUT2D eigenvalue weighted by molar-refractivity contribution is 0.0953. The van der Waals surface area contributed by atoms with E-state index >= 15 is 0 Å². The molecule has 2 aromatic carbocycles. The lowest BCUT2D eigenvalue weighted by Crippen LogP contribution is -2.27. The van der Waals surface area contributed by atoms with E-state index in [0.717, 1.165) is 11.1 Å². The topological polar surface area (TPSA) is 88.2 Å². The molecule has 29 heavy (non-hydrogen) atoms. The van der Waals surface area contributed by atoms with Gasteiger partial charge in [-0.3, -0.25) is 14.5 Å². The monoisotopic (exact) mass is 409 g/mol. The maximum absolute atomic E-state index is 12.7. The van der Waals surface area contributed by atoms with Crippen molar-refractivity contribution >= 4 is 21.6 Å². The minimum atomic E-state index is -3.80. The fourth-order valence-electron chi connectivity index (χ4n) is 2.81. The largest absolute Gasteiger partial charge is 0.352 e. The molecule has 0 saturated carbocycles. The Morgan fingerprint density at radius 2 is 1.79 bits per heavy atom. The van der Waals surface area contributed by atoms with Crippen molar-refractivity contribution in [2.24, 2.45) is 0 Å². The molecule has 0 aliphatic carbocycles. The predicted octanol–water partition coefficient (Wildman–Crippen LogP) is 3.47. The number of amides is 1. The molecule has 0 radical (unpaired) electrons. The quantitative estimate of drug-likeness (QED) is 0.625. The molecule has 1 aromatic heterocycles. The number of pyridine rings is 1. The van der Waals surface area contributed by atoms with Gasteiger partial charge in [0.25, 0.3) is 15.9 Å². The molecule has 6 nitrogen and oxygen atoms in total. The van der Waals surface area contributed by atoms with Crippen LogP contribution in [0.5, 0.6) is 0 Å². The molecule has 150 valence electrons. The number of benzene rings is 2. The molecule has 1 amide bonds. The van der Waals surface area contributed by atoms with Crippen molar-refractivity contribution in [2.75, 3.05) is 11.3 Å². The van der Waals surface area contributed by atoms with Crippen molar-refractivity contribution in [3.63, 3.8) is 0 Å². The third kappa shape index (κ3) is 5.42. The number of hydrogen-bond donors (Lipinski definition) is 2. The molecule has 0 bridgehead atoms. The van der Waals surface area contributed by atoms with Crippen molar-refractivity contribution in [2.45, 2.75) is 25.2 Å². The highest BCUT2D eigenvalue weighted by molar-refractivity contribution is 7.92. The van der Waals surface area contributed by atoms with Crippen LogP contribution in [0.2, 0.25) is 0 Å². The van der Waals surface area contributed by atoms with Crippen LogP contribution in [0.25, 0.3) is 0 Å². The zero-order valence-corrected chi connectivity index (χ0v) is 17.2. The molecular weight excluding hydrogens is 386 g/mol. The number of carbonyl (C=O) groups excluding carboxylic acids is 1. The van der Waals surface area contributed by atoms with E-state index in [-0.39, 0.29) is 10.8 Å². The fraction of sp³-hybridized carbons (Fsp3) is 0.182. The number of anilines is 1. The van der Waals surface area contributed by atoms with Gasteiger partial charge in [0.1, 0.15) is 0 Å². The first kappa shape index (κ1) is 20.5. The Hall–Kier alpha value is -3.19. The molecule has 0 atom stereocenters. The number of rotatable bonds is 7. The summed E-state index contributed by atoms with van der Waals surface area (Å²) in [5, 5.41) is 2.84. The van der Waals surface area contributed by atoms with E-state index in [0.29, 0.717) is 29.8 Å². The van der Waals surface area contributed by atoms with Gasteiger partial charge in [-0.1, -0.05) is 29.8 Å². The van der Waals surface area contributed by atoms with Crippen LogP contribution in [-0.4, -0.2) is 25.9 Å². The lowest BCUT2D eigenvalue weighted by Gasteiger charge is -2.12. The van der Waals surface area contributed by atoms with E-state index in [4.69, 9.17) is 0 Å². The smallest absolute Gasteiger partial charge is 0.261 e. The van der Waals surface area contributed by atoms with Crippen LogP contribution >= 0.6 is 0 Å². The minimum Gasteiger partial charge on any atom is -0.352 e. The first-order chi connectivity index (χ1) is 13.8. The number of carbonyl (C=O) groups is 1. The van der Waals surface area contributed by atoms with Gasteiger partial charge in [-0.2, -0.15) is 0 Å². The van der Waals surface area contributed by atoms with Crippen LogP contribution in [0.4, 0.5) is 5.69 Å². The zero-order valence-electron chi connectivity index (χ0n) is 16.3. The highest BCUT2D eigenvalue weighted by atomic mass is 32.2. The summed E-state index contributed by atoms with van der Waals surface area (Å²) >= 11 is 0. The van der Waals surface area contributed by atoms with E-state index in [9.17, 15) is 13.2 Å². The van der Waals surface area contributed by atoms with E-state index in [1.807, 2.05) is 31.2 Å². The summed E-state index contributed by atoms with van der Waals surface area (Å²) in [6, 6.07) is 15.4. The number of sulfonamides is 1. The normalized spacial score (nSPS) is 11.1. The summed E-state index contributed by atoms with van der Waals surface area (Å²) in [5.74, 6) is -0.307. The first-order valence-electron chi connectivity index (χ1n) is 9.22. The Morgan fingerprint density at radius 1 is 1.03 bits per heavy atom. The summed E-state index contributed by atoms with van der Waals surface area (Å²) in [6.07, 6.45) is 4.09. The van der Waals surface area contributed by atoms with Gasteiger partial charge in [0, 0.05) is 30.2 Å². The molecule has 3 rings (SSSR count). The Morgan fingerprint density at radius 3 is 2.48 bits per heavy atom. The SMILES string of the molecule is Cc1ccc(NS(=O)(=O)c2ccc(C)c(C(=O)NCCc3cccnc3)c2)cc1. The Balaban J connectivity index is 1.72. The molecule has 7 heteroatoms.